The van der Waals surface area contributed by atoms with Gasteiger partial charge < -0.3 is 19.3 Å². The first kappa shape index (κ1) is 15.4. The second-order valence-electron chi connectivity index (χ2n) is 6.55. The van der Waals surface area contributed by atoms with Crippen LogP contribution in [0.1, 0.15) is 20.8 Å². The van der Waals surface area contributed by atoms with Crippen molar-refractivity contribution in [1.29, 1.82) is 0 Å². The largest absolute Gasteiger partial charge is 0.488 e. The van der Waals surface area contributed by atoms with Gasteiger partial charge in [-0.3, -0.25) is 4.98 Å². The first-order valence-corrected chi connectivity index (χ1v) is 8.15. The number of pyridine rings is 1. The predicted molar refractivity (Wildman–Crippen MR) is 86.4 cm³/mol. The van der Waals surface area contributed by atoms with Crippen molar-refractivity contribution in [2.75, 3.05) is 31.1 Å². The summed E-state index contributed by atoms with van der Waals surface area (Å²) in [7, 11) is 0. The molecular weight excluding hydrogens is 350 g/mol. The number of piperazine rings is 1. The number of halogens is 1. The van der Waals surface area contributed by atoms with Crippen molar-refractivity contribution in [2.45, 2.75) is 32.4 Å². The lowest BCUT2D eigenvalue weighted by atomic mass is 10.1. The molecule has 1 amide bonds. The third-order valence-electron chi connectivity index (χ3n) is 3.70. The van der Waals surface area contributed by atoms with Gasteiger partial charge in [-0.15, -0.1) is 0 Å². The molecule has 1 unspecified atom stereocenters. The van der Waals surface area contributed by atoms with Crippen LogP contribution in [0.5, 0.6) is 5.75 Å². The van der Waals surface area contributed by atoms with Gasteiger partial charge in [0, 0.05) is 25.8 Å². The van der Waals surface area contributed by atoms with Crippen LogP contribution in [0.25, 0.3) is 0 Å². The quantitative estimate of drug-likeness (QED) is 0.703. The van der Waals surface area contributed by atoms with E-state index in [0.717, 1.165) is 22.5 Å². The smallest absolute Gasteiger partial charge is 0.410 e. The van der Waals surface area contributed by atoms with Gasteiger partial charge in [0.1, 0.15) is 12.2 Å². The number of nitrogens with zero attached hydrogens (tertiary/aromatic N) is 3. The molecule has 1 fully saturated rings. The molecule has 1 atom stereocenters. The minimum absolute atomic E-state index is 0.130. The summed E-state index contributed by atoms with van der Waals surface area (Å²) in [6.45, 7) is 8.17. The van der Waals surface area contributed by atoms with Gasteiger partial charge in [0.2, 0.25) is 0 Å². The van der Waals surface area contributed by atoms with Gasteiger partial charge in [0.15, 0.2) is 5.75 Å². The van der Waals surface area contributed by atoms with Crippen molar-refractivity contribution < 1.29 is 14.3 Å². The number of anilines is 1. The molecule has 0 spiro atoms. The van der Waals surface area contributed by atoms with E-state index in [9.17, 15) is 4.79 Å². The summed E-state index contributed by atoms with van der Waals surface area (Å²) in [4.78, 5) is 20.4. The Bertz CT molecular complexity index is 588. The van der Waals surface area contributed by atoms with Gasteiger partial charge in [-0.2, -0.15) is 0 Å². The Morgan fingerprint density at radius 2 is 2.18 bits per heavy atom. The maximum absolute atomic E-state index is 12.2. The van der Waals surface area contributed by atoms with Crippen LogP contribution in [-0.2, 0) is 4.74 Å². The lowest BCUT2D eigenvalue weighted by Crippen LogP contribution is -2.59. The summed E-state index contributed by atoms with van der Waals surface area (Å²) in [5, 5.41) is 0. The molecule has 0 saturated carbocycles. The highest BCUT2D eigenvalue weighted by Gasteiger charge is 2.36. The SMILES string of the molecule is CC(C)(C)OC(=O)N1CCN2c3cncc(Br)c3OCC2C1. The number of rotatable bonds is 0. The average molecular weight is 370 g/mol. The predicted octanol–water partition coefficient (Wildman–Crippen LogP) is 2.66. The number of aromatic nitrogens is 1. The molecule has 1 aromatic rings. The Hall–Kier alpha value is -1.50. The van der Waals surface area contributed by atoms with Crippen LogP contribution in [0, 0.1) is 0 Å². The highest BCUT2D eigenvalue weighted by molar-refractivity contribution is 9.10. The number of carbonyl (C=O) groups excluding carboxylic acids is 1. The van der Waals surface area contributed by atoms with Crippen LogP contribution in [0.3, 0.4) is 0 Å². The molecule has 3 heterocycles. The molecular formula is C15H20BrN3O3. The van der Waals surface area contributed by atoms with E-state index in [1.54, 1.807) is 11.1 Å². The van der Waals surface area contributed by atoms with E-state index >= 15 is 0 Å². The molecule has 0 aliphatic carbocycles. The van der Waals surface area contributed by atoms with E-state index in [0.29, 0.717) is 19.7 Å². The summed E-state index contributed by atoms with van der Waals surface area (Å²) in [5.74, 6) is 0.831. The lowest BCUT2D eigenvalue weighted by Gasteiger charge is -2.45. The molecule has 0 bridgehead atoms. The van der Waals surface area contributed by atoms with Gasteiger partial charge in [-0.05, 0) is 36.7 Å². The van der Waals surface area contributed by atoms with Crippen LogP contribution in [-0.4, -0.2) is 53.9 Å². The molecule has 0 radical (unpaired) electrons. The third-order valence-corrected chi connectivity index (χ3v) is 4.26. The van der Waals surface area contributed by atoms with Gasteiger partial charge in [-0.25, -0.2) is 4.79 Å². The van der Waals surface area contributed by atoms with Gasteiger partial charge in [0.25, 0.3) is 0 Å². The first-order chi connectivity index (χ1) is 10.3. The van der Waals surface area contributed by atoms with Crippen LogP contribution >= 0.6 is 15.9 Å². The Labute approximate surface area is 138 Å². The van der Waals surface area contributed by atoms with Gasteiger partial charge in [0.05, 0.1) is 22.4 Å². The molecule has 6 nitrogen and oxygen atoms in total. The number of fused-ring (bicyclic) bond motifs is 3. The van der Waals surface area contributed by atoms with Crippen molar-refractivity contribution >= 4 is 27.7 Å². The van der Waals surface area contributed by atoms with Gasteiger partial charge in [-0.1, -0.05) is 0 Å². The van der Waals surface area contributed by atoms with Crippen molar-refractivity contribution in [3.8, 4) is 5.75 Å². The average Bonchev–Trinajstić information content (AvgIpc) is 2.45. The molecule has 7 heteroatoms. The number of hydrogen-bond donors (Lipinski definition) is 0. The Balaban J connectivity index is 1.73. The van der Waals surface area contributed by atoms with E-state index in [1.165, 1.54) is 0 Å². The standard InChI is InChI=1S/C15H20BrN3O3/c1-15(2,3)22-14(20)18-4-5-19-10(8-18)9-21-13-11(16)6-17-7-12(13)19/h6-7,10H,4-5,8-9H2,1-3H3. The maximum atomic E-state index is 12.2. The molecule has 0 N–H and O–H groups in total. The summed E-state index contributed by atoms with van der Waals surface area (Å²) in [6, 6.07) is 0.130. The molecule has 1 saturated heterocycles. The van der Waals surface area contributed by atoms with Crippen LogP contribution in [0.4, 0.5) is 10.5 Å². The summed E-state index contributed by atoms with van der Waals surface area (Å²) in [5.41, 5.74) is 0.507. The number of amides is 1. The van der Waals surface area contributed by atoms with Crippen LogP contribution in [0.15, 0.2) is 16.9 Å². The highest BCUT2D eigenvalue weighted by Crippen LogP contribution is 2.39. The number of hydrogen-bond acceptors (Lipinski definition) is 5. The molecule has 1 aromatic heterocycles. The molecule has 3 rings (SSSR count). The Morgan fingerprint density at radius 3 is 2.91 bits per heavy atom. The molecule has 0 aromatic carbocycles. The second kappa shape index (κ2) is 5.61. The second-order valence-corrected chi connectivity index (χ2v) is 7.41. The number of carbonyl (C=O) groups is 1. The van der Waals surface area contributed by atoms with Crippen molar-refractivity contribution in [3.63, 3.8) is 0 Å². The Morgan fingerprint density at radius 1 is 1.41 bits per heavy atom. The molecule has 120 valence electrons. The normalized spacial score (nSPS) is 20.8. The van der Waals surface area contributed by atoms with Crippen LogP contribution < -0.4 is 9.64 Å². The minimum Gasteiger partial charge on any atom is -0.488 e. The van der Waals surface area contributed by atoms with Crippen LogP contribution in [0.2, 0.25) is 0 Å². The van der Waals surface area contributed by atoms with Crippen molar-refractivity contribution in [1.82, 2.24) is 9.88 Å². The fraction of sp³-hybridized carbons (Fsp3) is 0.600. The van der Waals surface area contributed by atoms with Crippen molar-refractivity contribution in [3.05, 3.63) is 16.9 Å². The zero-order chi connectivity index (χ0) is 15.9. The zero-order valence-electron chi connectivity index (χ0n) is 13.0. The van der Waals surface area contributed by atoms with Gasteiger partial charge >= 0.3 is 6.09 Å². The minimum atomic E-state index is -0.474. The summed E-state index contributed by atoms with van der Waals surface area (Å²) >= 11 is 3.47. The van der Waals surface area contributed by atoms with E-state index < -0.39 is 5.60 Å². The third kappa shape index (κ3) is 2.99. The number of ether oxygens (including phenoxy) is 2. The molecule has 2 aliphatic heterocycles. The van der Waals surface area contributed by atoms with E-state index in [-0.39, 0.29) is 12.1 Å². The molecule has 22 heavy (non-hydrogen) atoms. The Kier molecular flexibility index (Phi) is 3.92. The summed E-state index contributed by atoms with van der Waals surface area (Å²) < 4.78 is 12.2. The fourth-order valence-electron chi connectivity index (χ4n) is 2.75. The maximum Gasteiger partial charge on any atom is 0.410 e. The fourth-order valence-corrected chi connectivity index (χ4v) is 3.18. The monoisotopic (exact) mass is 369 g/mol. The highest BCUT2D eigenvalue weighted by atomic mass is 79.9. The van der Waals surface area contributed by atoms with E-state index in [1.807, 2.05) is 27.0 Å². The van der Waals surface area contributed by atoms with E-state index in [2.05, 4.69) is 25.8 Å². The lowest BCUT2D eigenvalue weighted by molar-refractivity contribution is 0.0194. The topological polar surface area (TPSA) is 54.9 Å². The van der Waals surface area contributed by atoms with E-state index in [4.69, 9.17) is 9.47 Å². The molecule has 2 aliphatic rings. The first-order valence-electron chi connectivity index (χ1n) is 7.36. The van der Waals surface area contributed by atoms with Crippen molar-refractivity contribution in [2.24, 2.45) is 0 Å². The zero-order valence-corrected chi connectivity index (χ0v) is 14.6. The summed E-state index contributed by atoms with van der Waals surface area (Å²) in [6.07, 6.45) is 3.29.